The molecule has 0 unspecified atom stereocenters. The highest BCUT2D eigenvalue weighted by Crippen LogP contribution is 2.35. The van der Waals surface area contributed by atoms with Crippen molar-refractivity contribution in [3.63, 3.8) is 0 Å². The summed E-state index contributed by atoms with van der Waals surface area (Å²) in [6.07, 6.45) is 0.0565. The van der Waals surface area contributed by atoms with Crippen LogP contribution in [-0.2, 0) is 9.59 Å². The van der Waals surface area contributed by atoms with E-state index < -0.39 is 5.25 Å². The van der Waals surface area contributed by atoms with E-state index >= 15 is 0 Å². The van der Waals surface area contributed by atoms with E-state index in [0.29, 0.717) is 10.9 Å². The maximum Gasteiger partial charge on any atom is 0.247 e. The first-order valence-corrected chi connectivity index (χ1v) is 11.4. The van der Waals surface area contributed by atoms with Crippen molar-refractivity contribution in [2.75, 3.05) is 10.2 Å². The zero-order valence-corrected chi connectivity index (χ0v) is 19.2. The number of hydrogen-bond acceptors (Lipinski definition) is 4. The molecule has 0 aromatic heterocycles. The number of aliphatic imine (C=N–C) groups is 1. The molecule has 1 aliphatic rings. The summed E-state index contributed by atoms with van der Waals surface area (Å²) in [5.41, 5.74) is 3.27. The van der Waals surface area contributed by atoms with E-state index in [9.17, 15) is 9.59 Å². The number of halogens is 1. The molecule has 1 N–H and O–H groups in total. The van der Waals surface area contributed by atoms with E-state index in [-0.39, 0.29) is 18.2 Å². The number of amidine groups is 1. The Morgan fingerprint density at radius 2 is 1.74 bits per heavy atom. The number of para-hydroxylation sites is 2. The van der Waals surface area contributed by atoms with Gasteiger partial charge in [0.1, 0.15) is 5.25 Å². The number of anilines is 2. The van der Waals surface area contributed by atoms with Gasteiger partial charge in [-0.3, -0.25) is 14.5 Å². The molecular weight excluding hydrogens is 474 g/mol. The predicted octanol–water partition coefficient (Wildman–Crippen LogP) is 5.92. The van der Waals surface area contributed by atoms with E-state index in [0.717, 1.165) is 21.4 Å². The summed E-state index contributed by atoms with van der Waals surface area (Å²) in [7, 11) is 0. The fourth-order valence-corrected chi connectivity index (χ4v) is 4.94. The van der Waals surface area contributed by atoms with Crippen LogP contribution >= 0.6 is 27.7 Å². The molecule has 1 aliphatic heterocycles. The quantitative estimate of drug-likeness (QED) is 0.479. The summed E-state index contributed by atoms with van der Waals surface area (Å²) < 4.78 is 0.809. The number of thioether (sulfide) groups is 1. The van der Waals surface area contributed by atoms with Crippen LogP contribution in [0.2, 0.25) is 0 Å². The van der Waals surface area contributed by atoms with Gasteiger partial charge >= 0.3 is 0 Å². The molecule has 1 atom stereocenters. The maximum atomic E-state index is 13.2. The molecular formula is C24H20BrN3O2S. The van der Waals surface area contributed by atoms with Crippen LogP contribution in [0.25, 0.3) is 0 Å². The molecule has 5 nitrogen and oxygen atoms in total. The van der Waals surface area contributed by atoms with Crippen molar-refractivity contribution >= 4 is 61.7 Å². The Morgan fingerprint density at radius 3 is 2.42 bits per heavy atom. The van der Waals surface area contributed by atoms with Crippen LogP contribution in [0.3, 0.4) is 0 Å². The number of nitrogens with zero attached hydrogens (tertiary/aromatic N) is 2. The first-order valence-electron chi connectivity index (χ1n) is 9.76. The van der Waals surface area contributed by atoms with Crippen LogP contribution in [0, 0.1) is 6.92 Å². The van der Waals surface area contributed by atoms with Gasteiger partial charge in [0, 0.05) is 10.9 Å². The summed E-state index contributed by atoms with van der Waals surface area (Å²) in [6.45, 7) is 1.98. The van der Waals surface area contributed by atoms with Crippen molar-refractivity contribution in [3.8, 4) is 0 Å². The Bertz CT molecular complexity index is 1140. The normalized spacial score (nSPS) is 17.2. The largest absolute Gasteiger partial charge is 0.325 e. The van der Waals surface area contributed by atoms with Crippen LogP contribution in [0.5, 0.6) is 0 Å². The first kappa shape index (κ1) is 21.3. The molecule has 3 aromatic carbocycles. The third kappa shape index (κ3) is 5.06. The van der Waals surface area contributed by atoms with E-state index in [2.05, 4.69) is 26.2 Å². The van der Waals surface area contributed by atoms with Gasteiger partial charge in [-0.25, -0.2) is 4.99 Å². The summed E-state index contributed by atoms with van der Waals surface area (Å²) >= 11 is 4.79. The third-order valence-electron chi connectivity index (χ3n) is 4.70. The van der Waals surface area contributed by atoms with Gasteiger partial charge in [-0.15, -0.1) is 0 Å². The lowest BCUT2D eigenvalue weighted by Gasteiger charge is -2.16. The predicted molar refractivity (Wildman–Crippen MR) is 131 cm³/mol. The minimum Gasteiger partial charge on any atom is -0.325 e. The molecule has 4 rings (SSSR count). The zero-order chi connectivity index (χ0) is 21.8. The Hall–Kier alpha value is -2.90. The summed E-state index contributed by atoms with van der Waals surface area (Å²) in [5.74, 6) is -0.367. The lowest BCUT2D eigenvalue weighted by molar-refractivity contribution is -0.121. The molecule has 0 spiro atoms. The molecule has 1 fully saturated rings. The zero-order valence-electron chi connectivity index (χ0n) is 16.8. The Morgan fingerprint density at radius 1 is 1.06 bits per heavy atom. The Labute approximate surface area is 193 Å². The standard InChI is InChI=1S/C24H20BrN3O2S/c1-16-12-13-20(19(25)14-16)27-22(29)15-21-23(30)28(18-10-6-3-7-11-18)24(31-21)26-17-8-4-2-5-9-17/h2-14,21H,15H2,1H3,(H,27,29)/t21-/m0/s1. The average molecular weight is 494 g/mol. The number of carbonyl (C=O) groups is 2. The fourth-order valence-electron chi connectivity index (χ4n) is 3.19. The van der Waals surface area contributed by atoms with Gasteiger partial charge in [0.25, 0.3) is 0 Å². The molecule has 0 bridgehead atoms. The molecule has 3 aromatic rings. The Balaban J connectivity index is 1.56. The summed E-state index contributed by atoms with van der Waals surface area (Å²) in [5, 5.41) is 2.91. The minimum absolute atomic E-state index is 0.0565. The molecule has 0 radical (unpaired) electrons. The van der Waals surface area contributed by atoms with Gasteiger partial charge in [0.2, 0.25) is 11.8 Å². The molecule has 1 saturated heterocycles. The lowest BCUT2D eigenvalue weighted by atomic mass is 10.2. The highest BCUT2D eigenvalue weighted by atomic mass is 79.9. The molecule has 7 heteroatoms. The average Bonchev–Trinajstić information content (AvgIpc) is 3.06. The lowest BCUT2D eigenvalue weighted by Crippen LogP contribution is -2.33. The number of carbonyl (C=O) groups excluding carboxylic acids is 2. The molecule has 156 valence electrons. The van der Waals surface area contributed by atoms with Crippen molar-refractivity contribution in [2.24, 2.45) is 4.99 Å². The van der Waals surface area contributed by atoms with Crippen molar-refractivity contribution in [1.29, 1.82) is 0 Å². The number of rotatable bonds is 5. The van der Waals surface area contributed by atoms with Gasteiger partial charge in [-0.1, -0.05) is 54.2 Å². The van der Waals surface area contributed by atoms with Crippen LogP contribution in [-0.4, -0.2) is 22.2 Å². The number of aryl methyl sites for hydroxylation is 1. The Kier molecular flexibility index (Phi) is 6.53. The topological polar surface area (TPSA) is 61.8 Å². The second kappa shape index (κ2) is 9.49. The minimum atomic E-state index is -0.549. The van der Waals surface area contributed by atoms with E-state index in [4.69, 9.17) is 0 Å². The summed E-state index contributed by atoms with van der Waals surface area (Å²) in [4.78, 5) is 32.2. The molecule has 31 heavy (non-hydrogen) atoms. The van der Waals surface area contributed by atoms with Crippen LogP contribution in [0.15, 0.2) is 88.3 Å². The van der Waals surface area contributed by atoms with Crippen LogP contribution < -0.4 is 10.2 Å². The van der Waals surface area contributed by atoms with Gasteiger partial charge in [0.15, 0.2) is 5.17 Å². The van der Waals surface area contributed by atoms with E-state index in [1.165, 1.54) is 11.8 Å². The first-order chi connectivity index (χ1) is 15.0. The van der Waals surface area contributed by atoms with Crippen LogP contribution in [0.1, 0.15) is 12.0 Å². The summed E-state index contributed by atoms with van der Waals surface area (Å²) in [6, 6.07) is 24.6. The van der Waals surface area contributed by atoms with Gasteiger partial charge in [-0.05, 0) is 64.8 Å². The third-order valence-corrected chi connectivity index (χ3v) is 6.49. The van der Waals surface area contributed by atoms with E-state index in [1.54, 1.807) is 4.90 Å². The fraction of sp³-hybridized carbons (Fsp3) is 0.125. The van der Waals surface area contributed by atoms with Crippen molar-refractivity contribution < 1.29 is 9.59 Å². The SMILES string of the molecule is Cc1ccc(NC(=O)C[C@@H]2SC(=Nc3ccccc3)N(c3ccccc3)C2=O)c(Br)c1. The van der Waals surface area contributed by atoms with E-state index in [1.807, 2.05) is 85.8 Å². The van der Waals surface area contributed by atoms with Gasteiger partial charge in [-0.2, -0.15) is 0 Å². The highest BCUT2D eigenvalue weighted by molar-refractivity contribution is 9.10. The molecule has 2 amide bonds. The van der Waals surface area contributed by atoms with Gasteiger partial charge in [0.05, 0.1) is 17.1 Å². The van der Waals surface area contributed by atoms with Crippen molar-refractivity contribution in [3.05, 3.63) is 88.9 Å². The molecule has 0 saturated carbocycles. The molecule has 1 heterocycles. The number of amides is 2. The smallest absolute Gasteiger partial charge is 0.247 e. The molecule has 0 aliphatic carbocycles. The monoisotopic (exact) mass is 493 g/mol. The van der Waals surface area contributed by atoms with Crippen molar-refractivity contribution in [1.82, 2.24) is 0 Å². The second-order valence-corrected chi connectivity index (χ2v) is 9.11. The maximum absolute atomic E-state index is 13.2. The van der Waals surface area contributed by atoms with Crippen molar-refractivity contribution in [2.45, 2.75) is 18.6 Å². The van der Waals surface area contributed by atoms with Gasteiger partial charge < -0.3 is 5.32 Å². The van der Waals surface area contributed by atoms with Crippen LogP contribution in [0.4, 0.5) is 17.1 Å². The number of hydrogen-bond donors (Lipinski definition) is 1. The second-order valence-electron chi connectivity index (χ2n) is 7.08. The highest BCUT2D eigenvalue weighted by Gasteiger charge is 2.40. The number of benzene rings is 3. The number of nitrogens with one attached hydrogen (secondary N) is 1.